The highest BCUT2D eigenvalue weighted by Crippen LogP contribution is 2.05. The molecule has 0 spiro atoms. The van der Waals surface area contributed by atoms with E-state index in [0.717, 1.165) is 38.1 Å². The molecule has 0 unspecified atom stereocenters. The third kappa shape index (κ3) is 11.8. The minimum Gasteiger partial charge on any atom is -0.366 e. The molecule has 0 aliphatic rings. The molecule has 3 nitrogen and oxygen atoms in total. The summed E-state index contributed by atoms with van der Waals surface area (Å²) < 4.78 is 5.36. The highest BCUT2D eigenvalue weighted by atomic mass is 35.5. The third-order valence-corrected chi connectivity index (χ3v) is 2.29. The van der Waals surface area contributed by atoms with Gasteiger partial charge in [0.05, 0.1) is 5.60 Å². The summed E-state index contributed by atoms with van der Waals surface area (Å²) in [5, 5.41) is 2.84. The van der Waals surface area contributed by atoms with Crippen molar-refractivity contribution in [2.75, 3.05) is 19.0 Å². The van der Waals surface area contributed by atoms with E-state index < -0.39 is 0 Å². The zero-order valence-electron chi connectivity index (χ0n) is 10.6. The molecule has 0 saturated carbocycles. The molecule has 0 radical (unpaired) electrons. The smallest absolute Gasteiger partial charge is 0.246 e. The van der Waals surface area contributed by atoms with Crippen LogP contribution in [0.3, 0.4) is 0 Å². The Balaban J connectivity index is 3.31. The van der Waals surface area contributed by atoms with Gasteiger partial charge in [0, 0.05) is 12.4 Å². The van der Waals surface area contributed by atoms with Crippen molar-refractivity contribution in [2.45, 2.75) is 52.1 Å². The fraction of sp³-hybridized carbons (Fsp3) is 0.917. The van der Waals surface area contributed by atoms with E-state index in [4.69, 9.17) is 16.3 Å². The first kappa shape index (κ1) is 15.7. The molecule has 16 heavy (non-hydrogen) atoms. The standard InChI is InChI=1S/C12H24ClNO2/c1-12(2,3)16-10-11(15)14-9-7-5-4-6-8-13/h4-10H2,1-3H3,(H,14,15). The van der Waals surface area contributed by atoms with Crippen molar-refractivity contribution in [1.29, 1.82) is 0 Å². The Labute approximate surface area is 104 Å². The fourth-order valence-corrected chi connectivity index (χ4v) is 1.32. The van der Waals surface area contributed by atoms with E-state index in [1.54, 1.807) is 0 Å². The van der Waals surface area contributed by atoms with Crippen LogP contribution in [0.4, 0.5) is 0 Å². The monoisotopic (exact) mass is 249 g/mol. The van der Waals surface area contributed by atoms with Crippen LogP contribution < -0.4 is 5.32 Å². The first-order valence-corrected chi connectivity index (χ1v) is 6.46. The number of unbranched alkanes of at least 4 members (excludes halogenated alkanes) is 3. The first-order valence-electron chi connectivity index (χ1n) is 5.92. The van der Waals surface area contributed by atoms with Crippen molar-refractivity contribution in [3.63, 3.8) is 0 Å². The van der Waals surface area contributed by atoms with Crippen LogP contribution in [0, 0.1) is 0 Å². The predicted molar refractivity (Wildman–Crippen MR) is 67.9 cm³/mol. The van der Waals surface area contributed by atoms with Gasteiger partial charge < -0.3 is 10.1 Å². The average molecular weight is 250 g/mol. The number of rotatable bonds is 8. The second-order valence-corrected chi connectivity index (χ2v) is 5.23. The summed E-state index contributed by atoms with van der Waals surface area (Å²) in [6.07, 6.45) is 4.33. The molecule has 0 aliphatic carbocycles. The number of carbonyl (C=O) groups is 1. The number of halogens is 1. The third-order valence-electron chi connectivity index (χ3n) is 2.02. The Kier molecular flexibility index (Phi) is 8.67. The van der Waals surface area contributed by atoms with Gasteiger partial charge in [0.1, 0.15) is 6.61 Å². The summed E-state index contributed by atoms with van der Waals surface area (Å²) in [4.78, 5) is 11.3. The maximum absolute atomic E-state index is 11.3. The fourth-order valence-electron chi connectivity index (χ4n) is 1.13. The molecule has 1 amide bonds. The van der Waals surface area contributed by atoms with Crippen LogP contribution in [0.2, 0.25) is 0 Å². The molecule has 0 aromatic carbocycles. The second kappa shape index (κ2) is 8.82. The van der Waals surface area contributed by atoms with E-state index >= 15 is 0 Å². The van der Waals surface area contributed by atoms with Crippen LogP contribution in [-0.4, -0.2) is 30.5 Å². The van der Waals surface area contributed by atoms with Gasteiger partial charge in [-0.05, 0) is 33.6 Å². The van der Waals surface area contributed by atoms with Gasteiger partial charge in [-0.25, -0.2) is 0 Å². The highest BCUT2D eigenvalue weighted by Gasteiger charge is 2.12. The quantitative estimate of drug-likeness (QED) is 0.531. The van der Waals surface area contributed by atoms with E-state index in [9.17, 15) is 4.79 Å². The normalized spacial score (nSPS) is 11.5. The number of alkyl halides is 1. The first-order chi connectivity index (χ1) is 7.45. The number of ether oxygens (including phenoxy) is 1. The summed E-state index contributed by atoms with van der Waals surface area (Å²) in [7, 11) is 0. The Morgan fingerprint density at radius 1 is 1.19 bits per heavy atom. The van der Waals surface area contributed by atoms with Gasteiger partial charge in [-0.1, -0.05) is 12.8 Å². The topological polar surface area (TPSA) is 38.3 Å². The summed E-state index contributed by atoms with van der Waals surface area (Å²) >= 11 is 5.56. The van der Waals surface area contributed by atoms with Crippen LogP contribution in [0.25, 0.3) is 0 Å². The molecule has 0 aromatic heterocycles. The van der Waals surface area contributed by atoms with Crippen molar-refractivity contribution in [1.82, 2.24) is 5.32 Å². The average Bonchev–Trinajstić information content (AvgIpc) is 2.19. The molecule has 0 atom stereocenters. The number of carbonyl (C=O) groups excluding carboxylic acids is 1. The van der Waals surface area contributed by atoms with Gasteiger partial charge in [-0.3, -0.25) is 4.79 Å². The molecule has 0 fully saturated rings. The lowest BCUT2D eigenvalue weighted by Gasteiger charge is -2.18. The summed E-state index contributed by atoms with van der Waals surface area (Å²) in [6.45, 7) is 6.69. The number of amides is 1. The van der Waals surface area contributed by atoms with E-state index in [1.807, 2.05) is 20.8 Å². The number of hydrogen-bond donors (Lipinski definition) is 1. The summed E-state index contributed by atoms with van der Waals surface area (Å²) in [5.41, 5.74) is -0.252. The molecule has 0 heterocycles. The van der Waals surface area contributed by atoms with Gasteiger partial charge >= 0.3 is 0 Å². The maximum atomic E-state index is 11.3. The van der Waals surface area contributed by atoms with E-state index in [1.165, 1.54) is 0 Å². The largest absolute Gasteiger partial charge is 0.366 e. The van der Waals surface area contributed by atoms with E-state index in [2.05, 4.69) is 5.32 Å². The molecule has 96 valence electrons. The molecule has 0 rings (SSSR count). The number of hydrogen-bond acceptors (Lipinski definition) is 2. The van der Waals surface area contributed by atoms with Crippen LogP contribution in [0.1, 0.15) is 46.5 Å². The minimum absolute atomic E-state index is 0.0349. The molecular formula is C12H24ClNO2. The van der Waals surface area contributed by atoms with Crippen LogP contribution in [0.5, 0.6) is 0 Å². The Morgan fingerprint density at radius 3 is 2.38 bits per heavy atom. The van der Waals surface area contributed by atoms with E-state index in [0.29, 0.717) is 0 Å². The Bertz CT molecular complexity index is 190. The molecule has 0 bridgehead atoms. The predicted octanol–water partition coefficient (Wildman–Crippen LogP) is 2.72. The Hall–Kier alpha value is -0.280. The second-order valence-electron chi connectivity index (χ2n) is 4.85. The van der Waals surface area contributed by atoms with Crippen molar-refractivity contribution in [3.05, 3.63) is 0 Å². The molecular weight excluding hydrogens is 226 g/mol. The Morgan fingerprint density at radius 2 is 1.81 bits per heavy atom. The van der Waals surface area contributed by atoms with Gasteiger partial charge in [0.25, 0.3) is 0 Å². The molecule has 0 aromatic rings. The van der Waals surface area contributed by atoms with Crippen LogP contribution >= 0.6 is 11.6 Å². The molecule has 0 saturated heterocycles. The van der Waals surface area contributed by atoms with E-state index in [-0.39, 0.29) is 18.1 Å². The number of nitrogens with one attached hydrogen (secondary N) is 1. The van der Waals surface area contributed by atoms with Gasteiger partial charge in [-0.2, -0.15) is 0 Å². The maximum Gasteiger partial charge on any atom is 0.246 e. The van der Waals surface area contributed by atoms with Gasteiger partial charge in [-0.15, -0.1) is 11.6 Å². The van der Waals surface area contributed by atoms with Crippen molar-refractivity contribution >= 4 is 17.5 Å². The minimum atomic E-state index is -0.252. The van der Waals surface area contributed by atoms with Crippen molar-refractivity contribution in [2.24, 2.45) is 0 Å². The zero-order chi connectivity index (χ0) is 12.4. The zero-order valence-corrected chi connectivity index (χ0v) is 11.4. The SMILES string of the molecule is CC(C)(C)OCC(=O)NCCCCCCCl. The van der Waals surface area contributed by atoms with Crippen LogP contribution in [-0.2, 0) is 9.53 Å². The highest BCUT2D eigenvalue weighted by molar-refractivity contribution is 6.17. The van der Waals surface area contributed by atoms with Crippen molar-refractivity contribution < 1.29 is 9.53 Å². The van der Waals surface area contributed by atoms with Crippen LogP contribution in [0.15, 0.2) is 0 Å². The summed E-state index contributed by atoms with van der Waals surface area (Å²) in [6, 6.07) is 0. The lowest BCUT2D eigenvalue weighted by Crippen LogP contribution is -2.32. The lowest BCUT2D eigenvalue weighted by atomic mass is 10.2. The summed E-state index contributed by atoms with van der Waals surface area (Å²) in [5.74, 6) is 0.693. The van der Waals surface area contributed by atoms with Gasteiger partial charge in [0.2, 0.25) is 5.91 Å². The molecule has 1 N–H and O–H groups in total. The lowest BCUT2D eigenvalue weighted by molar-refractivity contribution is -0.130. The van der Waals surface area contributed by atoms with Crippen molar-refractivity contribution in [3.8, 4) is 0 Å². The molecule has 0 aliphatic heterocycles. The van der Waals surface area contributed by atoms with Gasteiger partial charge in [0.15, 0.2) is 0 Å². The molecule has 4 heteroatoms.